The lowest BCUT2D eigenvalue weighted by molar-refractivity contribution is -0.126. The first kappa shape index (κ1) is 18.4. The van der Waals surface area contributed by atoms with Crippen LogP contribution < -0.4 is 5.32 Å². The molecule has 1 aromatic carbocycles. The number of nitrogens with zero attached hydrogens (tertiary/aromatic N) is 1. The number of halogens is 2. The second-order valence-electron chi connectivity index (χ2n) is 5.59. The number of aliphatic hydroxyl groups excluding tert-OH is 1. The zero-order valence-corrected chi connectivity index (χ0v) is 14.7. The fourth-order valence-electron chi connectivity index (χ4n) is 2.39. The SMILES string of the molecule is C=CC(CCc1ccc(Cl)c(Cl)c1)NC(=O)C1=C(O)C(=O)N(C)C1. The largest absolute Gasteiger partial charge is 0.503 e. The fraction of sp³-hybridized carbons (Fsp3) is 0.294. The van der Waals surface area contributed by atoms with Gasteiger partial charge in [0.25, 0.3) is 11.8 Å². The Kier molecular flexibility index (Phi) is 5.91. The Labute approximate surface area is 150 Å². The molecule has 0 spiro atoms. The van der Waals surface area contributed by atoms with Crippen LogP contribution in [0.2, 0.25) is 10.0 Å². The normalized spacial score (nSPS) is 15.6. The average molecular weight is 369 g/mol. The van der Waals surface area contributed by atoms with Gasteiger partial charge in [-0.15, -0.1) is 6.58 Å². The van der Waals surface area contributed by atoms with E-state index in [1.807, 2.05) is 6.07 Å². The lowest BCUT2D eigenvalue weighted by atomic mass is 10.0. The number of hydrogen-bond acceptors (Lipinski definition) is 3. The van der Waals surface area contributed by atoms with E-state index in [0.717, 1.165) is 5.56 Å². The Morgan fingerprint density at radius 1 is 1.46 bits per heavy atom. The summed E-state index contributed by atoms with van der Waals surface area (Å²) >= 11 is 11.9. The predicted molar refractivity (Wildman–Crippen MR) is 94.2 cm³/mol. The highest BCUT2D eigenvalue weighted by atomic mass is 35.5. The number of aliphatic hydroxyl groups is 1. The Morgan fingerprint density at radius 3 is 2.71 bits per heavy atom. The summed E-state index contributed by atoms with van der Waals surface area (Å²) in [5, 5.41) is 13.5. The lowest BCUT2D eigenvalue weighted by Gasteiger charge is -2.16. The number of nitrogens with one attached hydrogen (secondary N) is 1. The minimum Gasteiger partial charge on any atom is -0.503 e. The van der Waals surface area contributed by atoms with Gasteiger partial charge in [0.2, 0.25) is 0 Å². The van der Waals surface area contributed by atoms with Crippen LogP contribution in [0.1, 0.15) is 12.0 Å². The average Bonchev–Trinajstić information content (AvgIpc) is 2.82. The molecule has 1 aliphatic rings. The molecule has 0 saturated carbocycles. The van der Waals surface area contributed by atoms with E-state index in [2.05, 4.69) is 11.9 Å². The number of benzene rings is 1. The maximum absolute atomic E-state index is 12.2. The van der Waals surface area contributed by atoms with Crippen molar-refractivity contribution >= 4 is 35.0 Å². The number of rotatable bonds is 6. The molecule has 1 atom stereocenters. The first-order chi connectivity index (χ1) is 11.3. The van der Waals surface area contributed by atoms with Gasteiger partial charge in [-0.25, -0.2) is 0 Å². The third-order valence-electron chi connectivity index (χ3n) is 3.83. The van der Waals surface area contributed by atoms with Crippen molar-refractivity contribution in [3.05, 3.63) is 57.8 Å². The summed E-state index contributed by atoms with van der Waals surface area (Å²) in [5.74, 6) is -1.52. The summed E-state index contributed by atoms with van der Waals surface area (Å²) in [6.07, 6.45) is 2.89. The topological polar surface area (TPSA) is 69.6 Å². The molecule has 1 aliphatic heterocycles. The standard InChI is InChI=1S/C17H18Cl2N2O3/c1-3-11(6-4-10-5-7-13(18)14(19)8-10)20-16(23)12-9-21(2)17(24)15(12)22/h3,5,7-8,11,22H,1,4,6,9H2,2H3,(H,20,23). The van der Waals surface area contributed by atoms with Crippen molar-refractivity contribution < 1.29 is 14.7 Å². The van der Waals surface area contributed by atoms with E-state index < -0.39 is 17.6 Å². The summed E-state index contributed by atoms with van der Waals surface area (Å²) in [6, 6.07) is 5.08. The van der Waals surface area contributed by atoms with Gasteiger partial charge in [0.05, 0.1) is 22.2 Å². The Morgan fingerprint density at radius 2 is 2.17 bits per heavy atom. The summed E-state index contributed by atoms with van der Waals surface area (Å²) < 4.78 is 0. The number of aryl methyl sites for hydroxylation is 1. The molecule has 0 radical (unpaired) electrons. The van der Waals surface area contributed by atoms with Gasteiger partial charge in [0.1, 0.15) is 0 Å². The van der Waals surface area contributed by atoms with Crippen LogP contribution >= 0.6 is 23.2 Å². The molecule has 128 valence electrons. The lowest BCUT2D eigenvalue weighted by Crippen LogP contribution is -2.36. The van der Waals surface area contributed by atoms with Crippen LogP contribution in [0.15, 0.2) is 42.2 Å². The van der Waals surface area contributed by atoms with Gasteiger partial charge < -0.3 is 15.3 Å². The molecule has 0 bridgehead atoms. The predicted octanol–water partition coefficient (Wildman–Crippen LogP) is 2.88. The monoisotopic (exact) mass is 368 g/mol. The number of amides is 2. The van der Waals surface area contributed by atoms with Gasteiger partial charge in [-0.05, 0) is 30.5 Å². The van der Waals surface area contributed by atoms with Gasteiger partial charge in [-0.2, -0.15) is 0 Å². The van der Waals surface area contributed by atoms with Crippen molar-refractivity contribution in [1.82, 2.24) is 10.2 Å². The van der Waals surface area contributed by atoms with Gasteiger partial charge in [-0.1, -0.05) is 35.3 Å². The van der Waals surface area contributed by atoms with E-state index in [0.29, 0.717) is 22.9 Å². The number of likely N-dealkylation sites (N-methyl/N-ethyl adjacent to an activating group) is 1. The van der Waals surface area contributed by atoms with E-state index in [4.69, 9.17) is 23.2 Å². The first-order valence-corrected chi connectivity index (χ1v) is 8.14. The summed E-state index contributed by atoms with van der Waals surface area (Å²) in [5.41, 5.74) is 1.06. The Balaban J connectivity index is 1.97. The molecule has 7 heteroatoms. The number of carbonyl (C=O) groups is 2. The molecule has 1 aromatic rings. The molecule has 0 fully saturated rings. The maximum Gasteiger partial charge on any atom is 0.289 e. The summed E-state index contributed by atoms with van der Waals surface area (Å²) in [7, 11) is 1.52. The van der Waals surface area contributed by atoms with Crippen molar-refractivity contribution in [3.63, 3.8) is 0 Å². The smallest absolute Gasteiger partial charge is 0.289 e. The molecular formula is C17H18Cl2N2O3. The van der Waals surface area contributed by atoms with E-state index in [1.165, 1.54) is 11.9 Å². The van der Waals surface area contributed by atoms with E-state index >= 15 is 0 Å². The molecule has 24 heavy (non-hydrogen) atoms. The second kappa shape index (κ2) is 7.73. The van der Waals surface area contributed by atoms with E-state index in [1.54, 1.807) is 18.2 Å². The highest BCUT2D eigenvalue weighted by Gasteiger charge is 2.32. The number of hydrogen-bond donors (Lipinski definition) is 2. The van der Waals surface area contributed by atoms with Crippen molar-refractivity contribution in [2.24, 2.45) is 0 Å². The van der Waals surface area contributed by atoms with Gasteiger partial charge in [0.15, 0.2) is 5.76 Å². The zero-order chi connectivity index (χ0) is 17.9. The molecule has 5 nitrogen and oxygen atoms in total. The zero-order valence-electron chi connectivity index (χ0n) is 13.2. The molecule has 0 aliphatic carbocycles. The van der Waals surface area contributed by atoms with Crippen LogP contribution in [0.25, 0.3) is 0 Å². The molecule has 0 aromatic heterocycles. The van der Waals surface area contributed by atoms with Crippen molar-refractivity contribution in [3.8, 4) is 0 Å². The second-order valence-corrected chi connectivity index (χ2v) is 6.41. The fourth-order valence-corrected chi connectivity index (χ4v) is 2.72. The van der Waals surface area contributed by atoms with Gasteiger partial charge in [-0.3, -0.25) is 9.59 Å². The minimum absolute atomic E-state index is 0.0730. The molecule has 2 rings (SSSR count). The van der Waals surface area contributed by atoms with Gasteiger partial charge >= 0.3 is 0 Å². The highest BCUT2D eigenvalue weighted by molar-refractivity contribution is 6.42. The van der Waals surface area contributed by atoms with Crippen LogP contribution in [-0.4, -0.2) is 41.5 Å². The van der Waals surface area contributed by atoms with Crippen molar-refractivity contribution in [2.75, 3.05) is 13.6 Å². The molecule has 1 heterocycles. The van der Waals surface area contributed by atoms with Crippen molar-refractivity contribution in [2.45, 2.75) is 18.9 Å². The molecule has 2 amide bonds. The van der Waals surface area contributed by atoms with Crippen molar-refractivity contribution in [1.29, 1.82) is 0 Å². The Bertz CT molecular complexity index is 716. The minimum atomic E-state index is -0.550. The molecule has 1 unspecified atom stereocenters. The Hall–Kier alpha value is -1.98. The third kappa shape index (κ3) is 4.10. The quantitative estimate of drug-likeness (QED) is 0.758. The van der Waals surface area contributed by atoms with Crippen LogP contribution in [-0.2, 0) is 16.0 Å². The molecular weight excluding hydrogens is 351 g/mol. The maximum atomic E-state index is 12.2. The summed E-state index contributed by atoms with van der Waals surface area (Å²) in [6.45, 7) is 3.81. The summed E-state index contributed by atoms with van der Waals surface area (Å²) in [4.78, 5) is 25.1. The number of carbonyl (C=O) groups excluding carboxylic acids is 2. The van der Waals surface area contributed by atoms with Gasteiger partial charge in [0, 0.05) is 13.1 Å². The van der Waals surface area contributed by atoms with E-state index in [-0.39, 0.29) is 18.2 Å². The molecule has 2 N–H and O–H groups in total. The first-order valence-electron chi connectivity index (χ1n) is 7.38. The van der Waals surface area contributed by atoms with Crippen LogP contribution in [0.4, 0.5) is 0 Å². The van der Waals surface area contributed by atoms with E-state index in [9.17, 15) is 14.7 Å². The third-order valence-corrected chi connectivity index (χ3v) is 4.57. The molecule has 0 saturated heterocycles. The van der Waals surface area contributed by atoms with Crippen LogP contribution in [0.3, 0.4) is 0 Å². The van der Waals surface area contributed by atoms with Crippen LogP contribution in [0, 0.1) is 0 Å². The highest BCUT2D eigenvalue weighted by Crippen LogP contribution is 2.23. The van der Waals surface area contributed by atoms with Crippen LogP contribution in [0.5, 0.6) is 0 Å².